The van der Waals surface area contributed by atoms with Crippen LogP contribution in [0.3, 0.4) is 0 Å². The van der Waals surface area contributed by atoms with Crippen LogP contribution in [0, 0.1) is 0 Å². The van der Waals surface area contributed by atoms with Gasteiger partial charge in [-0.25, -0.2) is 15.1 Å². The van der Waals surface area contributed by atoms with Gasteiger partial charge >= 0.3 is 6.03 Å². The number of anilines is 1. The van der Waals surface area contributed by atoms with Gasteiger partial charge in [-0.1, -0.05) is 6.07 Å². The number of carbonyl (C=O) groups excluding carboxylic acids is 2. The SMILES string of the molecule is CC(C)NC(=O)Nc1cccc(C(=O)NO[C@@H]2CCCCO2)c1. The third-order valence-corrected chi connectivity index (χ3v) is 3.22. The van der Waals surface area contributed by atoms with E-state index in [0.717, 1.165) is 19.3 Å². The second kappa shape index (κ2) is 8.50. The molecule has 1 atom stereocenters. The number of hydrogen-bond donors (Lipinski definition) is 3. The van der Waals surface area contributed by atoms with Crippen molar-refractivity contribution in [1.82, 2.24) is 10.8 Å². The maximum Gasteiger partial charge on any atom is 0.319 e. The Morgan fingerprint density at radius 2 is 2.13 bits per heavy atom. The predicted molar refractivity (Wildman–Crippen MR) is 85.9 cm³/mol. The zero-order valence-corrected chi connectivity index (χ0v) is 13.4. The van der Waals surface area contributed by atoms with Crippen molar-refractivity contribution in [3.63, 3.8) is 0 Å². The fraction of sp³-hybridized carbons (Fsp3) is 0.500. The molecule has 2 rings (SSSR count). The number of rotatable bonds is 5. The number of nitrogens with one attached hydrogen (secondary N) is 3. The molecule has 23 heavy (non-hydrogen) atoms. The molecule has 7 heteroatoms. The van der Waals surface area contributed by atoms with E-state index in [0.29, 0.717) is 17.9 Å². The minimum absolute atomic E-state index is 0.0328. The van der Waals surface area contributed by atoms with Gasteiger partial charge in [-0.3, -0.25) is 4.79 Å². The van der Waals surface area contributed by atoms with Crippen LogP contribution in [0.25, 0.3) is 0 Å². The summed E-state index contributed by atoms with van der Waals surface area (Å²) in [5.74, 6) is -0.382. The molecule has 0 spiro atoms. The lowest BCUT2D eigenvalue weighted by atomic mass is 10.2. The summed E-state index contributed by atoms with van der Waals surface area (Å²) in [4.78, 5) is 29.0. The van der Waals surface area contributed by atoms with E-state index in [-0.39, 0.29) is 18.0 Å². The molecule has 126 valence electrons. The van der Waals surface area contributed by atoms with Crippen LogP contribution in [0.2, 0.25) is 0 Å². The summed E-state index contributed by atoms with van der Waals surface area (Å²) in [5, 5.41) is 5.39. The third-order valence-electron chi connectivity index (χ3n) is 3.22. The summed E-state index contributed by atoms with van der Waals surface area (Å²) in [5.41, 5.74) is 3.31. The van der Waals surface area contributed by atoms with Crippen LogP contribution in [0.5, 0.6) is 0 Å². The average Bonchev–Trinajstić information content (AvgIpc) is 2.53. The Morgan fingerprint density at radius 1 is 1.30 bits per heavy atom. The van der Waals surface area contributed by atoms with Crippen molar-refractivity contribution in [1.29, 1.82) is 0 Å². The highest BCUT2D eigenvalue weighted by Gasteiger charge is 2.16. The maximum absolute atomic E-state index is 12.1. The largest absolute Gasteiger partial charge is 0.350 e. The highest BCUT2D eigenvalue weighted by Crippen LogP contribution is 2.14. The van der Waals surface area contributed by atoms with E-state index in [1.54, 1.807) is 24.3 Å². The van der Waals surface area contributed by atoms with Gasteiger partial charge in [-0.15, -0.1) is 0 Å². The lowest BCUT2D eigenvalue weighted by molar-refractivity contribution is -0.186. The summed E-state index contributed by atoms with van der Waals surface area (Å²) in [6.45, 7) is 4.38. The molecule has 1 aliphatic heterocycles. The summed E-state index contributed by atoms with van der Waals surface area (Å²) >= 11 is 0. The lowest BCUT2D eigenvalue weighted by Crippen LogP contribution is -2.34. The summed E-state index contributed by atoms with van der Waals surface area (Å²) < 4.78 is 5.38. The van der Waals surface area contributed by atoms with Crippen LogP contribution in [0.1, 0.15) is 43.5 Å². The molecule has 0 bridgehead atoms. The van der Waals surface area contributed by atoms with Gasteiger partial charge in [0.15, 0.2) is 6.29 Å². The third kappa shape index (κ3) is 5.88. The smallest absolute Gasteiger partial charge is 0.319 e. The van der Waals surface area contributed by atoms with Gasteiger partial charge in [0.25, 0.3) is 5.91 Å². The number of ether oxygens (including phenoxy) is 1. The highest BCUT2D eigenvalue weighted by atomic mass is 16.8. The van der Waals surface area contributed by atoms with E-state index in [1.165, 1.54) is 0 Å². The van der Waals surface area contributed by atoms with Crippen LogP contribution < -0.4 is 16.1 Å². The molecule has 1 aromatic rings. The number of carbonyl (C=O) groups is 2. The Kier molecular flexibility index (Phi) is 6.37. The zero-order chi connectivity index (χ0) is 16.7. The first-order chi connectivity index (χ1) is 11.0. The predicted octanol–water partition coefficient (Wildman–Crippen LogP) is 2.40. The molecule has 1 fully saturated rings. The van der Waals surface area contributed by atoms with Crippen molar-refractivity contribution in [2.75, 3.05) is 11.9 Å². The van der Waals surface area contributed by atoms with Crippen molar-refractivity contribution in [3.8, 4) is 0 Å². The van der Waals surface area contributed by atoms with Gasteiger partial charge in [0.1, 0.15) is 0 Å². The van der Waals surface area contributed by atoms with E-state index >= 15 is 0 Å². The van der Waals surface area contributed by atoms with Crippen LogP contribution in [0.15, 0.2) is 24.3 Å². The quantitative estimate of drug-likeness (QED) is 0.727. The minimum Gasteiger partial charge on any atom is -0.350 e. The molecule has 0 aliphatic carbocycles. The number of hydroxylamine groups is 1. The summed E-state index contributed by atoms with van der Waals surface area (Å²) in [6.07, 6.45) is 2.40. The van der Waals surface area contributed by atoms with Crippen LogP contribution >= 0.6 is 0 Å². The molecule has 1 saturated heterocycles. The van der Waals surface area contributed by atoms with Crippen LogP contribution in [-0.4, -0.2) is 30.9 Å². The Bertz CT molecular complexity index is 542. The Hall–Kier alpha value is -2.12. The number of urea groups is 1. The minimum atomic E-state index is -0.397. The van der Waals surface area contributed by atoms with Gasteiger partial charge < -0.3 is 15.4 Å². The maximum atomic E-state index is 12.1. The van der Waals surface area contributed by atoms with Gasteiger partial charge in [0.05, 0.1) is 0 Å². The van der Waals surface area contributed by atoms with Crippen molar-refractivity contribution < 1.29 is 19.2 Å². The van der Waals surface area contributed by atoms with E-state index in [2.05, 4.69) is 16.1 Å². The molecule has 0 unspecified atom stereocenters. The van der Waals surface area contributed by atoms with Crippen LogP contribution in [-0.2, 0) is 9.57 Å². The Labute approximate surface area is 135 Å². The highest BCUT2D eigenvalue weighted by molar-refractivity contribution is 5.96. The van der Waals surface area contributed by atoms with E-state index < -0.39 is 6.29 Å². The number of benzene rings is 1. The lowest BCUT2D eigenvalue weighted by Gasteiger charge is -2.22. The normalized spacial score (nSPS) is 17.6. The molecular formula is C16H23N3O4. The molecule has 1 aliphatic rings. The first-order valence-electron chi connectivity index (χ1n) is 7.80. The molecule has 7 nitrogen and oxygen atoms in total. The van der Waals surface area contributed by atoms with Gasteiger partial charge in [0.2, 0.25) is 0 Å². The fourth-order valence-corrected chi connectivity index (χ4v) is 2.15. The standard InChI is InChI=1S/C16H23N3O4/c1-11(2)17-16(21)18-13-7-5-6-12(10-13)15(20)19-23-14-8-3-4-9-22-14/h5-7,10-11,14H,3-4,8-9H2,1-2H3,(H,19,20)(H2,17,18,21)/t14-/m1/s1. The molecule has 1 heterocycles. The molecule has 0 saturated carbocycles. The molecular weight excluding hydrogens is 298 g/mol. The van der Waals surface area contributed by atoms with E-state index in [4.69, 9.17) is 9.57 Å². The Balaban J connectivity index is 1.87. The van der Waals surface area contributed by atoms with Crippen LogP contribution in [0.4, 0.5) is 10.5 Å². The zero-order valence-electron chi connectivity index (χ0n) is 13.4. The van der Waals surface area contributed by atoms with Gasteiger partial charge in [-0.05, 0) is 44.9 Å². The van der Waals surface area contributed by atoms with Crippen molar-refractivity contribution in [3.05, 3.63) is 29.8 Å². The molecule has 0 radical (unpaired) electrons. The van der Waals surface area contributed by atoms with Crippen molar-refractivity contribution in [2.24, 2.45) is 0 Å². The molecule has 3 N–H and O–H groups in total. The summed E-state index contributed by atoms with van der Waals surface area (Å²) in [7, 11) is 0. The topological polar surface area (TPSA) is 88.7 Å². The second-order valence-corrected chi connectivity index (χ2v) is 5.68. The monoisotopic (exact) mass is 321 g/mol. The fourth-order valence-electron chi connectivity index (χ4n) is 2.15. The molecule has 0 aromatic heterocycles. The second-order valence-electron chi connectivity index (χ2n) is 5.68. The van der Waals surface area contributed by atoms with Gasteiger partial charge in [-0.2, -0.15) is 0 Å². The summed E-state index contributed by atoms with van der Waals surface area (Å²) in [6, 6.07) is 6.35. The Morgan fingerprint density at radius 3 is 2.83 bits per heavy atom. The first-order valence-corrected chi connectivity index (χ1v) is 7.80. The van der Waals surface area contributed by atoms with Crippen molar-refractivity contribution in [2.45, 2.75) is 45.4 Å². The number of amides is 3. The van der Waals surface area contributed by atoms with Crippen molar-refractivity contribution >= 4 is 17.6 Å². The average molecular weight is 321 g/mol. The number of hydrogen-bond acceptors (Lipinski definition) is 4. The molecule has 3 amide bonds. The first kappa shape index (κ1) is 17.2. The molecule has 1 aromatic carbocycles. The van der Waals surface area contributed by atoms with Gasteiger partial charge in [0, 0.05) is 30.3 Å². The van der Waals surface area contributed by atoms with E-state index in [1.807, 2.05) is 13.8 Å². The van der Waals surface area contributed by atoms with E-state index in [9.17, 15) is 9.59 Å².